The summed E-state index contributed by atoms with van der Waals surface area (Å²) in [6.07, 6.45) is 0. The van der Waals surface area contributed by atoms with E-state index in [0.29, 0.717) is 25.5 Å². The third-order valence-electron chi connectivity index (χ3n) is 4.09. The maximum absolute atomic E-state index is 13.0. The van der Waals surface area contributed by atoms with E-state index < -0.39 is 0 Å². The lowest BCUT2D eigenvalue weighted by molar-refractivity contribution is 0.0651. The normalized spacial score (nSPS) is 11.1. The molecule has 4 nitrogen and oxygen atoms in total. The fraction of sp³-hybridized carbons (Fsp3) is 0.316. The average Bonchev–Trinajstić information content (AvgIpc) is 3.18. The molecule has 0 aliphatic rings. The number of carbonyl (C=O) groups excluding carboxylic acids is 1. The smallest absolute Gasteiger partial charge is 0.290 e. The van der Waals surface area contributed by atoms with Crippen molar-refractivity contribution in [2.75, 3.05) is 20.3 Å². The van der Waals surface area contributed by atoms with Crippen LogP contribution in [0.5, 0.6) is 0 Å². The van der Waals surface area contributed by atoms with Crippen molar-refractivity contribution >= 4 is 28.2 Å². The van der Waals surface area contributed by atoms with Crippen molar-refractivity contribution in [3.8, 4) is 0 Å². The molecule has 3 rings (SSSR count). The lowest BCUT2D eigenvalue weighted by atomic mass is 10.1. The number of amides is 1. The van der Waals surface area contributed by atoms with Crippen molar-refractivity contribution < 1.29 is 13.9 Å². The molecule has 0 atom stereocenters. The maximum atomic E-state index is 13.0. The molecule has 0 saturated heterocycles. The second-order valence-corrected chi connectivity index (χ2v) is 6.69. The number of methoxy groups -OCH3 is 1. The minimum Gasteiger partial charge on any atom is -0.451 e. The molecule has 0 fully saturated rings. The van der Waals surface area contributed by atoms with Crippen molar-refractivity contribution in [3.05, 3.63) is 57.5 Å². The zero-order valence-electron chi connectivity index (χ0n) is 14.2. The van der Waals surface area contributed by atoms with E-state index in [2.05, 4.69) is 5.38 Å². The number of ether oxygens (including phenoxy) is 1. The van der Waals surface area contributed by atoms with Crippen molar-refractivity contribution in [1.82, 2.24) is 4.90 Å². The van der Waals surface area contributed by atoms with Crippen molar-refractivity contribution in [2.45, 2.75) is 20.4 Å². The van der Waals surface area contributed by atoms with E-state index in [-0.39, 0.29) is 5.91 Å². The Morgan fingerprint density at radius 1 is 1.29 bits per heavy atom. The molecule has 0 spiro atoms. The summed E-state index contributed by atoms with van der Waals surface area (Å²) >= 11 is 1.63. The molecule has 3 aromatic rings. The first kappa shape index (κ1) is 16.7. The summed E-state index contributed by atoms with van der Waals surface area (Å²) in [5.74, 6) is 0.325. The number of benzene rings is 1. The molecule has 24 heavy (non-hydrogen) atoms. The summed E-state index contributed by atoms with van der Waals surface area (Å²) in [5.41, 5.74) is 3.89. The van der Waals surface area contributed by atoms with Gasteiger partial charge < -0.3 is 14.1 Å². The van der Waals surface area contributed by atoms with Crippen LogP contribution in [0.3, 0.4) is 0 Å². The van der Waals surface area contributed by atoms with Gasteiger partial charge in [-0.25, -0.2) is 0 Å². The first-order valence-corrected chi connectivity index (χ1v) is 8.83. The zero-order valence-corrected chi connectivity index (χ0v) is 15.0. The van der Waals surface area contributed by atoms with Gasteiger partial charge in [0.2, 0.25) is 0 Å². The third-order valence-corrected chi connectivity index (χ3v) is 4.83. The predicted molar refractivity (Wildman–Crippen MR) is 96.6 cm³/mol. The second kappa shape index (κ2) is 7.20. The van der Waals surface area contributed by atoms with Crippen LogP contribution in [0.4, 0.5) is 0 Å². The van der Waals surface area contributed by atoms with E-state index >= 15 is 0 Å². The number of carbonyl (C=O) groups is 1. The van der Waals surface area contributed by atoms with E-state index in [9.17, 15) is 4.79 Å². The Kier molecular flexibility index (Phi) is 5.02. The van der Waals surface area contributed by atoms with Gasteiger partial charge in [-0.05, 0) is 47.9 Å². The highest BCUT2D eigenvalue weighted by atomic mass is 32.1. The minimum atomic E-state index is -0.0930. The van der Waals surface area contributed by atoms with Gasteiger partial charge in [0.05, 0.1) is 6.61 Å². The number of aryl methyl sites for hydroxylation is 2. The number of hydrogen-bond acceptors (Lipinski definition) is 4. The molecule has 0 saturated carbocycles. The molecule has 2 aromatic heterocycles. The second-order valence-electron chi connectivity index (χ2n) is 5.91. The number of nitrogens with zero attached hydrogens (tertiary/aromatic N) is 1. The SMILES string of the molecule is COCCN(Cc1ccsc1)C(=O)c1oc2cc(C)ccc2c1C. The Balaban J connectivity index is 1.92. The first-order valence-electron chi connectivity index (χ1n) is 7.89. The molecular formula is C19H21NO3S. The van der Waals surface area contributed by atoms with Gasteiger partial charge in [-0.1, -0.05) is 12.1 Å². The van der Waals surface area contributed by atoms with Gasteiger partial charge in [0, 0.05) is 31.1 Å². The van der Waals surface area contributed by atoms with Gasteiger partial charge in [0.1, 0.15) is 5.58 Å². The summed E-state index contributed by atoms with van der Waals surface area (Å²) < 4.78 is 11.1. The van der Waals surface area contributed by atoms with Crippen LogP contribution in [0, 0.1) is 13.8 Å². The number of hydrogen-bond donors (Lipinski definition) is 0. The number of thiophene rings is 1. The Morgan fingerprint density at radius 2 is 2.12 bits per heavy atom. The molecule has 0 aliphatic heterocycles. The molecule has 5 heteroatoms. The minimum absolute atomic E-state index is 0.0930. The molecule has 0 aliphatic carbocycles. The van der Waals surface area contributed by atoms with Crippen molar-refractivity contribution in [1.29, 1.82) is 0 Å². The van der Waals surface area contributed by atoms with E-state index in [1.807, 2.05) is 43.5 Å². The topological polar surface area (TPSA) is 42.7 Å². The third kappa shape index (κ3) is 3.37. The highest BCUT2D eigenvalue weighted by Gasteiger charge is 2.23. The van der Waals surface area contributed by atoms with Crippen LogP contribution in [0.2, 0.25) is 0 Å². The number of furan rings is 1. The highest BCUT2D eigenvalue weighted by molar-refractivity contribution is 7.07. The van der Waals surface area contributed by atoms with Crippen molar-refractivity contribution in [2.24, 2.45) is 0 Å². The highest BCUT2D eigenvalue weighted by Crippen LogP contribution is 2.27. The lowest BCUT2D eigenvalue weighted by Gasteiger charge is -2.21. The predicted octanol–water partition coefficient (Wildman–Crippen LogP) is 4.40. The molecule has 1 aromatic carbocycles. The van der Waals surface area contributed by atoms with Gasteiger partial charge in [-0.15, -0.1) is 0 Å². The average molecular weight is 343 g/mol. The zero-order chi connectivity index (χ0) is 17.1. The van der Waals surface area contributed by atoms with Crippen LogP contribution in [0.25, 0.3) is 11.0 Å². The van der Waals surface area contributed by atoms with Crippen molar-refractivity contribution in [3.63, 3.8) is 0 Å². The summed E-state index contributed by atoms with van der Waals surface area (Å²) in [6.45, 7) is 5.53. The van der Waals surface area contributed by atoms with E-state index in [1.165, 1.54) is 0 Å². The van der Waals surface area contributed by atoms with Crippen LogP contribution in [-0.2, 0) is 11.3 Å². The molecule has 0 radical (unpaired) electrons. The maximum Gasteiger partial charge on any atom is 0.290 e. The Hall–Kier alpha value is -2.11. The Morgan fingerprint density at radius 3 is 2.83 bits per heavy atom. The Labute approximate surface area is 145 Å². The fourth-order valence-electron chi connectivity index (χ4n) is 2.74. The molecule has 0 unspecified atom stereocenters. The molecule has 1 amide bonds. The van der Waals surface area contributed by atoms with Crippen LogP contribution >= 0.6 is 11.3 Å². The number of fused-ring (bicyclic) bond motifs is 1. The molecule has 0 N–H and O–H groups in total. The van der Waals surface area contributed by atoms with Crippen LogP contribution in [-0.4, -0.2) is 31.1 Å². The van der Waals surface area contributed by atoms with Gasteiger partial charge in [0.15, 0.2) is 5.76 Å². The van der Waals surface area contributed by atoms with Gasteiger partial charge in [0.25, 0.3) is 5.91 Å². The lowest BCUT2D eigenvalue weighted by Crippen LogP contribution is -2.33. The standard InChI is InChI=1S/C19H21NO3S/c1-13-4-5-16-14(2)18(23-17(16)10-13)19(21)20(7-8-22-3)11-15-6-9-24-12-15/h4-6,9-10,12H,7-8,11H2,1-3H3. The number of rotatable bonds is 6. The molecule has 0 bridgehead atoms. The quantitative estimate of drug-likeness (QED) is 0.666. The van der Waals surface area contributed by atoms with Gasteiger partial charge >= 0.3 is 0 Å². The van der Waals surface area contributed by atoms with E-state index in [4.69, 9.17) is 9.15 Å². The molecular weight excluding hydrogens is 322 g/mol. The summed E-state index contributed by atoms with van der Waals surface area (Å²) in [6, 6.07) is 8.05. The summed E-state index contributed by atoms with van der Waals surface area (Å²) in [7, 11) is 1.64. The van der Waals surface area contributed by atoms with Gasteiger partial charge in [-0.3, -0.25) is 4.79 Å². The van der Waals surface area contributed by atoms with E-state index in [1.54, 1.807) is 23.3 Å². The fourth-order valence-corrected chi connectivity index (χ4v) is 3.40. The Bertz CT molecular complexity index is 836. The summed E-state index contributed by atoms with van der Waals surface area (Å²) in [4.78, 5) is 14.8. The monoisotopic (exact) mass is 343 g/mol. The summed E-state index contributed by atoms with van der Waals surface area (Å²) in [5, 5.41) is 5.07. The van der Waals surface area contributed by atoms with E-state index in [0.717, 1.165) is 27.7 Å². The van der Waals surface area contributed by atoms with Crippen LogP contribution in [0.15, 0.2) is 39.4 Å². The molecule has 2 heterocycles. The largest absolute Gasteiger partial charge is 0.451 e. The van der Waals surface area contributed by atoms with Gasteiger partial charge in [-0.2, -0.15) is 11.3 Å². The van der Waals surface area contributed by atoms with Crippen LogP contribution < -0.4 is 0 Å². The van der Waals surface area contributed by atoms with Crippen LogP contribution in [0.1, 0.15) is 27.2 Å². The molecule has 126 valence electrons. The first-order chi connectivity index (χ1) is 11.6.